The van der Waals surface area contributed by atoms with Gasteiger partial charge in [-0.05, 0) is 37.0 Å². The summed E-state index contributed by atoms with van der Waals surface area (Å²) in [6.07, 6.45) is 4.04. The smallest absolute Gasteiger partial charge is 0.325 e. The summed E-state index contributed by atoms with van der Waals surface area (Å²) in [6.45, 7) is 8.92. The third-order valence-electron chi connectivity index (χ3n) is 4.23. The van der Waals surface area contributed by atoms with Crippen LogP contribution >= 0.6 is 0 Å². The van der Waals surface area contributed by atoms with Crippen LogP contribution in [0.3, 0.4) is 0 Å². The molecule has 3 atom stereocenters. The minimum atomic E-state index is -0.342. The van der Waals surface area contributed by atoms with Crippen molar-refractivity contribution in [1.29, 1.82) is 0 Å². The first-order valence-electron chi connectivity index (χ1n) is 7.89. The Kier molecular flexibility index (Phi) is 7.03. The molecule has 4 heteroatoms. The molecule has 20 heavy (non-hydrogen) atoms. The molecule has 0 aromatic heterocycles. The van der Waals surface area contributed by atoms with Crippen LogP contribution in [0.15, 0.2) is 0 Å². The highest BCUT2D eigenvalue weighted by molar-refractivity contribution is 5.83. The van der Waals surface area contributed by atoms with Crippen molar-refractivity contribution in [3.63, 3.8) is 0 Å². The van der Waals surface area contributed by atoms with Crippen LogP contribution in [0.2, 0.25) is 0 Å². The van der Waals surface area contributed by atoms with E-state index in [2.05, 4.69) is 26.1 Å². The summed E-state index contributed by atoms with van der Waals surface area (Å²) in [5.74, 6) is 1.24. The average Bonchev–Trinajstić information content (AvgIpc) is 2.41. The zero-order valence-electron chi connectivity index (χ0n) is 13.3. The van der Waals surface area contributed by atoms with Gasteiger partial charge in [-0.2, -0.15) is 0 Å². The zero-order chi connectivity index (χ0) is 15.1. The predicted octanol–water partition coefficient (Wildman–Crippen LogP) is 2.76. The second-order valence-electron chi connectivity index (χ2n) is 6.37. The third kappa shape index (κ3) is 5.14. The zero-order valence-corrected chi connectivity index (χ0v) is 13.3. The molecule has 0 aromatic carbocycles. The molecule has 0 aliphatic heterocycles. The lowest BCUT2D eigenvalue weighted by molar-refractivity contribution is -0.144. The van der Waals surface area contributed by atoms with E-state index in [1.807, 2.05) is 6.92 Å². The van der Waals surface area contributed by atoms with Crippen LogP contribution in [0, 0.1) is 23.7 Å². The summed E-state index contributed by atoms with van der Waals surface area (Å²) in [6, 6.07) is 0. The van der Waals surface area contributed by atoms with Crippen molar-refractivity contribution in [2.45, 2.75) is 53.4 Å². The second kappa shape index (κ2) is 8.28. The summed E-state index contributed by atoms with van der Waals surface area (Å²) in [5.41, 5.74) is 0. The molecule has 1 aliphatic carbocycles. The molecule has 1 fully saturated rings. The number of carbonyl (C=O) groups is 2. The summed E-state index contributed by atoms with van der Waals surface area (Å²) >= 11 is 0. The lowest BCUT2D eigenvalue weighted by Gasteiger charge is -2.36. The molecule has 1 rings (SSSR count). The van der Waals surface area contributed by atoms with Gasteiger partial charge in [-0.25, -0.2) is 0 Å². The van der Waals surface area contributed by atoms with Crippen molar-refractivity contribution in [3.05, 3.63) is 0 Å². The Balaban J connectivity index is 2.48. The number of hydrogen-bond donors (Lipinski definition) is 1. The first kappa shape index (κ1) is 17.0. The van der Waals surface area contributed by atoms with Crippen LogP contribution in [0.4, 0.5) is 0 Å². The highest BCUT2D eigenvalue weighted by atomic mass is 16.5. The van der Waals surface area contributed by atoms with Gasteiger partial charge in [0.2, 0.25) is 5.91 Å². The van der Waals surface area contributed by atoms with Gasteiger partial charge < -0.3 is 10.1 Å². The molecule has 0 radical (unpaired) electrons. The lowest BCUT2D eigenvalue weighted by atomic mass is 9.70. The molecule has 4 nitrogen and oxygen atoms in total. The summed E-state index contributed by atoms with van der Waals surface area (Å²) in [7, 11) is 0. The molecule has 0 aromatic rings. The molecule has 0 saturated heterocycles. The molecule has 116 valence electrons. The van der Waals surface area contributed by atoms with Crippen LogP contribution < -0.4 is 5.32 Å². The van der Waals surface area contributed by atoms with Gasteiger partial charge >= 0.3 is 5.97 Å². The largest absolute Gasteiger partial charge is 0.464 e. The van der Waals surface area contributed by atoms with Gasteiger partial charge in [-0.1, -0.05) is 34.1 Å². The standard InChI is InChI=1S/C16H29NO3/c1-5-8-20-15(18)10-17-16(19)14-9-12(4)6-7-13(14)11(2)3/h11-14H,5-10H2,1-4H3,(H,17,19)/t12-,13-,14-/m1/s1. The van der Waals surface area contributed by atoms with Crippen LogP contribution in [-0.2, 0) is 14.3 Å². The van der Waals surface area contributed by atoms with E-state index in [9.17, 15) is 9.59 Å². The van der Waals surface area contributed by atoms with Gasteiger partial charge in [0.05, 0.1) is 6.61 Å². The van der Waals surface area contributed by atoms with Crippen molar-refractivity contribution in [2.24, 2.45) is 23.7 Å². The summed E-state index contributed by atoms with van der Waals surface area (Å²) in [5, 5.41) is 2.75. The average molecular weight is 283 g/mol. The van der Waals surface area contributed by atoms with Crippen molar-refractivity contribution in [3.8, 4) is 0 Å². The number of hydrogen-bond acceptors (Lipinski definition) is 3. The van der Waals surface area contributed by atoms with Crippen LogP contribution in [0.1, 0.15) is 53.4 Å². The highest BCUT2D eigenvalue weighted by Crippen LogP contribution is 2.37. The van der Waals surface area contributed by atoms with E-state index >= 15 is 0 Å². The van der Waals surface area contributed by atoms with Gasteiger partial charge in [-0.3, -0.25) is 9.59 Å². The normalized spacial score (nSPS) is 26.4. The molecular formula is C16H29NO3. The molecule has 0 heterocycles. The first-order valence-corrected chi connectivity index (χ1v) is 7.89. The monoisotopic (exact) mass is 283 g/mol. The van der Waals surface area contributed by atoms with Crippen molar-refractivity contribution < 1.29 is 14.3 Å². The fourth-order valence-corrected chi connectivity index (χ4v) is 3.06. The van der Waals surface area contributed by atoms with Gasteiger partial charge in [0, 0.05) is 5.92 Å². The van der Waals surface area contributed by atoms with E-state index in [1.165, 1.54) is 6.42 Å². The SMILES string of the molecule is CCCOC(=O)CNC(=O)[C@@H]1C[C@H](C)CC[C@@H]1C(C)C. The maximum Gasteiger partial charge on any atom is 0.325 e. The molecule has 1 saturated carbocycles. The highest BCUT2D eigenvalue weighted by Gasteiger charge is 2.35. The van der Waals surface area contributed by atoms with Crippen LogP contribution in [-0.4, -0.2) is 25.0 Å². The number of rotatable bonds is 6. The Morgan fingerprint density at radius 2 is 2.00 bits per heavy atom. The number of carbonyl (C=O) groups excluding carboxylic acids is 2. The van der Waals surface area contributed by atoms with E-state index in [-0.39, 0.29) is 24.3 Å². The van der Waals surface area contributed by atoms with E-state index in [0.717, 1.165) is 19.3 Å². The Morgan fingerprint density at radius 3 is 2.60 bits per heavy atom. The molecule has 1 N–H and O–H groups in total. The van der Waals surface area contributed by atoms with Crippen molar-refractivity contribution in [2.75, 3.05) is 13.2 Å². The topological polar surface area (TPSA) is 55.4 Å². The fourth-order valence-electron chi connectivity index (χ4n) is 3.06. The molecule has 0 spiro atoms. The van der Waals surface area contributed by atoms with Gasteiger partial charge in [-0.15, -0.1) is 0 Å². The Labute approximate surface area is 122 Å². The predicted molar refractivity (Wildman–Crippen MR) is 79.1 cm³/mol. The van der Waals surface area contributed by atoms with Gasteiger partial charge in [0.25, 0.3) is 0 Å². The molecule has 1 aliphatic rings. The van der Waals surface area contributed by atoms with Crippen molar-refractivity contribution in [1.82, 2.24) is 5.32 Å². The van der Waals surface area contributed by atoms with E-state index in [1.54, 1.807) is 0 Å². The minimum Gasteiger partial charge on any atom is -0.464 e. The quantitative estimate of drug-likeness (QED) is 0.763. The Hall–Kier alpha value is -1.06. The molecule has 0 bridgehead atoms. The molecular weight excluding hydrogens is 254 g/mol. The summed E-state index contributed by atoms with van der Waals surface area (Å²) < 4.78 is 4.97. The summed E-state index contributed by atoms with van der Waals surface area (Å²) in [4.78, 5) is 23.7. The van der Waals surface area contributed by atoms with Crippen LogP contribution in [0.5, 0.6) is 0 Å². The Bertz CT molecular complexity index is 328. The lowest BCUT2D eigenvalue weighted by Crippen LogP contribution is -2.42. The number of esters is 1. The van der Waals surface area contributed by atoms with Gasteiger partial charge in [0.1, 0.15) is 6.54 Å². The first-order chi connectivity index (χ1) is 9.45. The van der Waals surface area contributed by atoms with E-state index in [0.29, 0.717) is 24.4 Å². The maximum atomic E-state index is 12.3. The minimum absolute atomic E-state index is 0.00543. The molecule has 0 unspecified atom stereocenters. The number of ether oxygens (including phenoxy) is 1. The Morgan fingerprint density at radius 1 is 1.30 bits per heavy atom. The van der Waals surface area contributed by atoms with Crippen LogP contribution in [0.25, 0.3) is 0 Å². The number of amides is 1. The molecule has 1 amide bonds. The van der Waals surface area contributed by atoms with E-state index in [4.69, 9.17) is 4.74 Å². The van der Waals surface area contributed by atoms with Crippen molar-refractivity contribution >= 4 is 11.9 Å². The van der Waals surface area contributed by atoms with E-state index < -0.39 is 0 Å². The third-order valence-corrected chi connectivity index (χ3v) is 4.23. The maximum absolute atomic E-state index is 12.3. The second-order valence-corrected chi connectivity index (χ2v) is 6.37. The fraction of sp³-hybridized carbons (Fsp3) is 0.875. The van der Waals surface area contributed by atoms with Gasteiger partial charge in [0.15, 0.2) is 0 Å². The number of nitrogens with one attached hydrogen (secondary N) is 1.